The number of benzene rings is 2. The molecule has 0 unspecified atom stereocenters. The van der Waals surface area contributed by atoms with Crippen molar-refractivity contribution in [2.45, 2.75) is 46.3 Å². The van der Waals surface area contributed by atoms with Gasteiger partial charge in [-0.2, -0.15) is 0 Å². The van der Waals surface area contributed by atoms with Crippen molar-refractivity contribution in [3.05, 3.63) is 64.7 Å². The quantitative estimate of drug-likeness (QED) is 0.264. The molecule has 0 saturated heterocycles. The fourth-order valence-electron chi connectivity index (χ4n) is 4.50. The fraction of sp³-hybridized carbons (Fsp3) is 0.433. The molecule has 0 aliphatic carbocycles. The summed E-state index contributed by atoms with van der Waals surface area (Å²) in [6, 6.07) is 10.7. The van der Waals surface area contributed by atoms with Crippen LogP contribution in [0, 0.1) is 5.41 Å². The molecule has 0 aromatic heterocycles. The van der Waals surface area contributed by atoms with Crippen molar-refractivity contribution in [2.75, 3.05) is 38.9 Å². The third-order valence-electron chi connectivity index (χ3n) is 6.26. The van der Waals surface area contributed by atoms with Crippen molar-refractivity contribution in [1.29, 1.82) is 0 Å². The van der Waals surface area contributed by atoms with Gasteiger partial charge in [0.15, 0.2) is 11.5 Å². The minimum absolute atomic E-state index is 0.100. The molecule has 0 bridgehead atoms. The van der Waals surface area contributed by atoms with Gasteiger partial charge in [-0.15, -0.1) is 0 Å². The second kappa shape index (κ2) is 13.7. The number of fused-ring (bicyclic) bond motifs is 1. The molecule has 9 nitrogen and oxygen atoms in total. The minimum Gasteiger partial charge on any atom is -0.493 e. The maximum atomic E-state index is 14.1. The number of amides is 1. The molecule has 1 aliphatic rings. The first-order valence-corrected chi connectivity index (χ1v) is 13.3. The summed E-state index contributed by atoms with van der Waals surface area (Å²) in [5, 5.41) is 0.460. The van der Waals surface area contributed by atoms with Gasteiger partial charge < -0.3 is 28.6 Å². The molecule has 0 saturated carbocycles. The van der Waals surface area contributed by atoms with Gasteiger partial charge in [-0.3, -0.25) is 9.59 Å². The summed E-state index contributed by atoms with van der Waals surface area (Å²) in [4.78, 5) is 39.2. The van der Waals surface area contributed by atoms with Crippen LogP contribution in [0.5, 0.6) is 11.5 Å². The van der Waals surface area contributed by atoms with Crippen molar-refractivity contribution in [3.63, 3.8) is 0 Å². The molecule has 0 radical (unpaired) electrons. The van der Waals surface area contributed by atoms with Crippen LogP contribution in [-0.2, 0) is 28.6 Å². The van der Waals surface area contributed by atoms with Crippen LogP contribution < -0.4 is 14.4 Å². The Morgan fingerprint density at radius 3 is 2.50 bits per heavy atom. The monoisotopic (exact) mass is 573 g/mol. The van der Waals surface area contributed by atoms with E-state index in [1.165, 1.54) is 20.1 Å². The zero-order valence-electron chi connectivity index (χ0n) is 23.7. The minimum atomic E-state index is -0.984. The number of hydrogen-bond donors (Lipinski definition) is 0. The molecule has 40 heavy (non-hydrogen) atoms. The highest BCUT2D eigenvalue weighted by Gasteiger charge is 2.39. The molecule has 0 spiro atoms. The van der Waals surface area contributed by atoms with Crippen LogP contribution in [0.4, 0.5) is 5.69 Å². The predicted molar refractivity (Wildman–Crippen MR) is 151 cm³/mol. The molecule has 2 aromatic carbocycles. The normalized spacial score (nSPS) is 17.3. The average molecular weight is 574 g/mol. The maximum Gasteiger partial charge on any atom is 0.330 e. The number of ether oxygens (including phenoxy) is 5. The van der Waals surface area contributed by atoms with Gasteiger partial charge in [0.05, 0.1) is 27.4 Å². The smallest absolute Gasteiger partial charge is 0.330 e. The third kappa shape index (κ3) is 7.55. The molecule has 2 aromatic rings. The number of anilines is 1. The van der Waals surface area contributed by atoms with E-state index in [2.05, 4.69) is 0 Å². The molecule has 1 amide bonds. The highest BCUT2D eigenvalue weighted by molar-refractivity contribution is 6.30. The van der Waals surface area contributed by atoms with Crippen molar-refractivity contribution in [2.24, 2.45) is 5.41 Å². The van der Waals surface area contributed by atoms with Crippen molar-refractivity contribution in [1.82, 2.24) is 0 Å². The SMILES string of the molecule is CCOC(=O)/C=C/C[C@H]1O[C@H](c2cccc(OC)c2OC)c2cc(Cl)ccc2N(CC(C)(C)COC(C)=O)C1=O. The van der Waals surface area contributed by atoms with E-state index in [9.17, 15) is 14.4 Å². The van der Waals surface area contributed by atoms with Crippen molar-refractivity contribution < 1.29 is 38.1 Å². The first-order chi connectivity index (χ1) is 19.0. The van der Waals surface area contributed by atoms with Crippen LogP contribution in [0.25, 0.3) is 0 Å². The summed E-state index contributed by atoms with van der Waals surface area (Å²) < 4.78 is 28.0. The highest BCUT2D eigenvalue weighted by atomic mass is 35.5. The molecular weight excluding hydrogens is 538 g/mol. The van der Waals surface area contributed by atoms with E-state index < -0.39 is 29.6 Å². The number of halogens is 1. The number of rotatable bonds is 11. The number of nitrogens with zero attached hydrogens (tertiary/aromatic N) is 1. The van der Waals surface area contributed by atoms with E-state index in [0.717, 1.165) is 0 Å². The predicted octanol–water partition coefficient (Wildman–Crippen LogP) is 5.28. The van der Waals surface area contributed by atoms with Crippen molar-refractivity contribution in [3.8, 4) is 11.5 Å². The van der Waals surface area contributed by atoms with E-state index in [4.69, 9.17) is 35.3 Å². The van der Waals surface area contributed by atoms with Crippen LogP contribution in [0.2, 0.25) is 5.02 Å². The Kier molecular flexibility index (Phi) is 10.6. The lowest BCUT2D eigenvalue weighted by atomic mass is 9.92. The number of methoxy groups -OCH3 is 2. The van der Waals surface area contributed by atoms with Gasteiger partial charge in [-0.05, 0) is 31.2 Å². The zero-order chi connectivity index (χ0) is 29.4. The molecule has 3 rings (SSSR count). The van der Waals surface area contributed by atoms with Crippen LogP contribution in [-0.4, -0.2) is 57.9 Å². The Hall–Kier alpha value is -3.56. The second-order valence-corrected chi connectivity index (χ2v) is 10.5. The number of carbonyl (C=O) groups excluding carboxylic acids is 3. The second-order valence-electron chi connectivity index (χ2n) is 10.0. The standard InChI is InChI=1S/C30H36ClNO8/c1-7-38-26(34)13-9-12-25-29(35)32(17-30(3,4)18-39-19(2)33)23-15-14-20(31)16-22(23)27(40-25)21-10-8-11-24(36-5)28(21)37-6/h8-11,13-16,25,27H,7,12,17-18H2,1-6H3/b13-9+/t25-,27-/m1/s1. The van der Waals surface area contributed by atoms with Gasteiger partial charge >= 0.3 is 11.9 Å². The van der Waals surface area contributed by atoms with E-state index in [1.807, 2.05) is 26.0 Å². The average Bonchev–Trinajstić information content (AvgIpc) is 3.01. The number of hydrogen-bond acceptors (Lipinski definition) is 8. The number of carbonyl (C=O) groups is 3. The fourth-order valence-corrected chi connectivity index (χ4v) is 4.68. The largest absolute Gasteiger partial charge is 0.493 e. The number of esters is 2. The lowest BCUT2D eigenvalue weighted by Gasteiger charge is -2.33. The molecular formula is C30H36ClNO8. The topological polar surface area (TPSA) is 101 Å². The number of para-hydroxylation sites is 1. The first kappa shape index (κ1) is 31.0. The molecule has 1 aliphatic heterocycles. The Morgan fingerprint density at radius 2 is 1.85 bits per heavy atom. The molecule has 216 valence electrons. The Balaban J connectivity index is 2.16. The zero-order valence-corrected chi connectivity index (χ0v) is 24.4. The Labute approximate surface area is 239 Å². The summed E-state index contributed by atoms with van der Waals surface area (Å²) in [6.45, 7) is 7.43. The molecule has 10 heteroatoms. The van der Waals surface area contributed by atoms with Gasteiger partial charge in [0, 0.05) is 53.2 Å². The van der Waals surface area contributed by atoms with E-state index in [1.54, 1.807) is 49.3 Å². The Bertz CT molecular complexity index is 1260. The van der Waals surface area contributed by atoms with Gasteiger partial charge in [0.2, 0.25) is 0 Å². The summed E-state index contributed by atoms with van der Waals surface area (Å²) in [5.74, 6) is -0.280. The first-order valence-electron chi connectivity index (χ1n) is 12.9. The summed E-state index contributed by atoms with van der Waals surface area (Å²) in [6.07, 6.45) is 1.19. The maximum absolute atomic E-state index is 14.1. The summed E-state index contributed by atoms with van der Waals surface area (Å²) in [7, 11) is 3.07. The third-order valence-corrected chi connectivity index (χ3v) is 6.50. The molecule has 1 heterocycles. The van der Waals surface area contributed by atoms with E-state index >= 15 is 0 Å². The molecule has 0 N–H and O–H groups in total. The van der Waals surface area contributed by atoms with Crippen molar-refractivity contribution >= 4 is 35.1 Å². The summed E-state index contributed by atoms with van der Waals surface area (Å²) in [5.41, 5.74) is 1.28. The lowest BCUT2D eigenvalue weighted by molar-refractivity contribution is -0.144. The summed E-state index contributed by atoms with van der Waals surface area (Å²) >= 11 is 6.47. The van der Waals surface area contributed by atoms with Crippen LogP contribution in [0.1, 0.15) is 51.3 Å². The lowest BCUT2D eigenvalue weighted by Crippen LogP contribution is -2.45. The van der Waals surface area contributed by atoms with Gasteiger partial charge in [0.1, 0.15) is 12.2 Å². The molecule has 0 fully saturated rings. The van der Waals surface area contributed by atoms with Crippen LogP contribution >= 0.6 is 11.6 Å². The highest BCUT2D eigenvalue weighted by Crippen LogP contribution is 2.45. The van der Waals surface area contributed by atoms with Crippen LogP contribution in [0.3, 0.4) is 0 Å². The van der Waals surface area contributed by atoms with Gasteiger partial charge in [0.25, 0.3) is 5.91 Å². The van der Waals surface area contributed by atoms with E-state index in [0.29, 0.717) is 33.3 Å². The van der Waals surface area contributed by atoms with Gasteiger partial charge in [-0.25, -0.2) is 4.79 Å². The molecule has 2 atom stereocenters. The van der Waals surface area contributed by atoms with Crippen LogP contribution in [0.15, 0.2) is 48.6 Å². The van der Waals surface area contributed by atoms with Gasteiger partial charge in [-0.1, -0.05) is 43.7 Å². The Morgan fingerprint density at radius 1 is 1.10 bits per heavy atom. The van der Waals surface area contributed by atoms with E-state index in [-0.39, 0.29) is 32.1 Å².